The van der Waals surface area contributed by atoms with Crippen LogP contribution in [0.5, 0.6) is 0 Å². The van der Waals surface area contributed by atoms with Crippen molar-refractivity contribution in [3.8, 4) is 0 Å². The summed E-state index contributed by atoms with van der Waals surface area (Å²) in [4.78, 5) is 11.9. The molecule has 0 saturated heterocycles. The standard InChI is InChI=1S/C14H26N2O/c1-4-15-12(17)13(2,3)10-16-11-6-9-14(11)7-5-8-14/h11,16H,4-10H2,1-3H3,(H,15,17)/t11-/m1/s1. The maximum atomic E-state index is 11.9. The number of rotatable bonds is 5. The molecule has 98 valence electrons. The minimum atomic E-state index is -0.295. The van der Waals surface area contributed by atoms with Gasteiger partial charge in [0, 0.05) is 19.1 Å². The Labute approximate surface area is 105 Å². The number of hydrogen-bond acceptors (Lipinski definition) is 2. The fourth-order valence-electron chi connectivity index (χ4n) is 3.10. The first-order chi connectivity index (χ1) is 8.00. The first-order valence-electron chi connectivity index (χ1n) is 7.02. The summed E-state index contributed by atoms with van der Waals surface area (Å²) >= 11 is 0. The van der Waals surface area contributed by atoms with Crippen LogP contribution in [-0.2, 0) is 4.79 Å². The van der Waals surface area contributed by atoms with Crippen LogP contribution in [0.1, 0.15) is 52.9 Å². The molecule has 0 heterocycles. The largest absolute Gasteiger partial charge is 0.356 e. The average Bonchev–Trinajstić information content (AvgIpc) is 2.14. The lowest BCUT2D eigenvalue weighted by molar-refractivity contribution is -0.129. The van der Waals surface area contributed by atoms with Gasteiger partial charge in [-0.15, -0.1) is 0 Å². The highest BCUT2D eigenvalue weighted by atomic mass is 16.2. The second-order valence-electron chi connectivity index (χ2n) is 6.43. The fourth-order valence-corrected chi connectivity index (χ4v) is 3.10. The van der Waals surface area contributed by atoms with Gasteiger partial charge in [0.15, 0.2) is 0 Å². The summed E-state index contributed by atoms with van der Waals surface area (Å²) < 4.78 is 0. The lowest BCUT2D eigenvalue weighted by Crippen LogP contribution is -2.59. The van der Waals surface area contributed by atoms with Gasteiger partial charge in [-0.3, -0.25) is 4.79 Å². The lowest BCUT2D eigenvalue weighted by Gasteiger charge is -2.57. The molecular weight excluding hydrogens is 212 g/mol. The molecule has 1 atom stereocenters. The highest BCUT2D eigenvalue weighted by Crippen LogP contribution is 2.55. The Morgan fingerprint density at radius 3 is 2.47 bits per heavy atom. The van der Waals surface area contributed by atoms with Crippen molar-refractivity contribution in [2.45, 2.75) is 58.9 Å². The summed E-state index contributed by atoms with van der Waals surface area (Å²) in [6, 6.07) is 0.671. The molecule has 2 aliphatic carbocycles. The van der Waals surface area contributed by atoms with Crippen LogP contribution >= 0.6 is 0 Å². The molecule has 2 aliphatic rings. The van der Waals surface area contributed by atoms with Crippen molar-refractivity contribution < 1.29 is 4.79 Å². The third-order valence-electron chi connectivity index (χ3n) is 4.76. The van der Waals surface area contributed by atoms with Gasteiger partial charge in [-0.05, 0) is 51.9 Å². The molecule has 17 heavy (non-hydrogen) atoms. The molecule has 1 spiro atoms. The first kappa shape index (κ1) is 12.9. The highest BCUT2D eigenvalue weighted by molar-refractivity contribution is 5.81. The maximum absolute atomic E-state index is 11.9. The van der Waals surface area contributed by atoms with Crippen molar-refractivity contribution >= 4 is 5.91 Å². The zero-order valence-corrected chi connectivity index (χ0v) is 11.4. The number of amides is 1. The minimum Gasteiger partial charge on any atom is -0.356 e. The molecule has 0 unspecified atom stereocenters. The predicted molar refractivity (Wildman–Crippen MR) is 69.8 cm³/mol. The van der Waals surface area contributed by atoms with E-state index in [1.807, 2.05) is 20.8 Å². The zero-order valence-electron chi connectivity index (χ0n) is 11.4. The fraction of sp³-hybridized carbons (Fsp3) is 0.929. The van der Waals surface area contributed by atoms with E-state index in [0.29, 0.717) is 11.5 Å². The second-order valence-corrected chi connectivity index (χ2v) is 6.43. The van der Waals surface area contributed by atoms with Crippen molar-refractivity contribution in [3.63, 3.8) is 0 Å². The highest BCUT2D eigenvalue weighted by Gasteiger charge is 2.50. The van der Waals surface area contributed by atoms with E-state index in [1.54, 1.807) is 0 Å². The minimum absolute atomic E-state index is 0.162. The van der Waals surface area contributed by atoms with Crippen LogP contribution in [0, 0.1) is 10.8 Å². The van der Waals surface area contributed by atoms with Crippen molar-refractivity contribution in [2.24, 2.45) is 10.8 Å². The Hall–Kier alpha value is -0.570. The summed E-state index contributed by atoms with van der Waals surface area (Å²) in [7, 11) is 0. The van der Waals surface area contributed by atoms with E-state index < -0.39 is 0 Å². The Balaban J connectivity index is 1.79. The van der Waals surface area contributed by atoms with Crippen molar-refractivity contribution in [3.05, 3.63) is 0 Å². The van der Waals surface area contributed by atoms with Crippen LogP contribution < -0.4 is 10.6 Å². The molecule has 3 nitrogen and oxygen atoms in total. The molecule has 0 aliphatic heterocycles. The Morgan fingerprint density at radius 2 is 2.06 bits per heavy atom. The van der Waals surface area contributed by atoms with Crippen LogP contribution in [0.2, 0.25) is 0 Å². The third kappa shape index (κ3) is 2.35. The quantitative estimate of drug-likeness (QED) is 0.770. The van der Waals surface area contributed by atoms with E-state index in [9.17, 15) is 4.79 Å². The molecule has 1 amide bonds. The van der Waals surface area contributed by atoms with Gasteiger partial charge in [0.1, 0.15) is 0 Å². The van der Waals surface area contributed by atoms with Gasteiger partial charge >= 0.3 is 0 Å². The molecule has 0 aromatic rings. The van der Waals surface area contributed by atoms with Crippen molar-refractivity contribution in [2.75, 3.05) is 13.1 Å². The number of nitrogens with one attached hydrogen (secondary N) is 2. The third-order valence-corrected chi connectivity index (χ3v) is 4.76. The summed E-state index contributed by atoms with van der Waals surface area (Å²) in [6.45, 7) is 7.53. The van der Waals surface area contributed by atoms with E-state index in [4.69, 9.17) is 0 Å². The molecule has 0 aromatic heterocycles. The van der Waals surface area contributed by atoms with Crippen LogP contribution in [0.25, 0.3) is 0 Å². The van der Waals surface area contributed by atoms with Gasteiger partial charge < -0.3 is 10.6 Å². The SMILES string of the molecule is CCNC(=O)C(C)(C)CN[C@@H]1CCC12CCC2. The maximum Gasteiger partial charge on any atom is 0.226 e. The molecule has 2 saturated carbocycles. The van der Waals surface area contributed by atoms with Crippen LogP contribution in [-0.4, -0.2) is 25.0 Å². The number of carbonyl (C=O) groups excluding carboxylic acids is 1. The normalized spacial score (nSPS) is 26.2. The lowest BCUT2D eigenvalue weighted by atomic mass is 9.53. The van der Waals surface area contributed by atoms with Gasteiger partial charge in [0.2, 0.25) is 5.91 Å². The van der Waals surface area contributed by atoms with E-state index in [1.165, 1.54) is 32.1 Å². The van der Waals surface area contributed by atoms with Gasteiger partial charge in [-0.2, -0.15) is 0 Å². The van der Waals surface area contributed by atoms with Crippen molar-refractivity contribution in [1.82, 2.24) is 10.6 Å². The Kier molecular flexibility index (Phi) is 3.48. The molecule has 2 rings (SSSR count). The zero-order chi connectivity index (χ0) is 12.5. The monoisotopic (exact) mass is 238 g/mol. The van der Waals surface area contributed by atoms with Gasteiger partial charge in [0.25, 0.3) is 0 Å². The second kappa shape index (κ2) is 4.60. The topological polar surface area (TPSA) is 41.1 Å². The van der Waals surface area contributed by atoms with E-state index in [0.717, 1.165) is 13.1 Å². The first-order valence-corrected chi connectivity index (χ1v) is 7.02. The molecule has 2 N–H and O–H groups in total. The summed E-state index contributed by atoms with van der Waals surface area (Å²) in [5.41, 5.74) is 0.327. The Morgan fingerprint density at radius 1 is 1.35 bits per heavy atom. The van der Waals surface area contributed by atoms with E-state index in [-0.39, 0.29) is 11.3 Å². The average molecular weight is 238 g/mol. The molecule has 0 bridgehead atoms. The molecule has 3 heteroatoms. The van der Waals surface area contributed by atoms with Crippen LogP contribution in [0.4, 0.5) is 0 Å². The van der Waals surface area contributed by atoms with Crippen LogP contribution in [0.15, 0.2) is 0 Å². The number of carbonyl (C=O) groups is 1. The number of hydrogen-bond donors (Lipinski definition) is 2. The predicted octanol–water partition coefficient (Wildman–Crippen LogP) is 2.07. The smallest absolute Gasteiger partial charge is 0.226 e. The Bertz CT molecular complexity index is 289. The molecular formula is C14H26N2O. The van der Waals surface area contributed by atoms with Gasteiger partial charge in [-0.1, -0.05) is 6.42 Å². The van der Waals surface area contributed by atoms with E-state index in [2.05, 4.69) is 10.6 Å². The van der Waals surface area contributed by atoms with Crippen molar-refractivity contribution in [1.29, 1.82) is 0 Å². The van der Waals surface area contributed by atoms with E-state index >= 15 is 0 Å². The summed E-state index contributed by atoms with van der Waals surface area (Å²) in [5.74, 6) is 0.162. The van der Waals surface area contributed by atoms with Crippen LogP contribution in [0.3, 0.4) is 0 Å². The van der Waals surface area contributed by atoms with Gasteiger partial charge in [-0.25, -0.2) is 0 Å². The van der Waals surface area contributed by atoms with Gasteiger partial charge in [0.05, 0.1) is 5.41 Å². The summed E-state index contributed by atoms with van der Waals surface area (Å²) in [6.07, 6.45) is 6.88. The molecule has 0 aromatic carbocycles. The molecule has 0 radical (unpaired) electrons. The molecule has 2 fully saturated rings. The summed E-state index contributed by atoms with van der Waals surface area (Å²) in [5, 5.41) is 6.55.